The van der Waals surface area contributed by atoms with Gasteiger partial charge >= 0.3 is 5.97 Å². The molecular formula is C13H17NO4. The summed E-state index contributed by atoms with van der Waals surface area (Å²) >= 11 is 0. The van der Waals surface area contributed by atoms with Crippen molar-refractivity contribution in [3.63, 3.8) is 0 Å². The van der Waals surface area contributed by atoms with Gasteiger partial charge in [0.25, 0.3) is 0 Å². The fourth-order valence-electron chi connectivity index (χ4n) is 2.43. The van der Waals surface area contributed by atoms with Crippen molar-refractivity contribution >= 4 is 5.97 Å². The highest BCUT2D eigenvalue weighted by Gasteiger charge is 2.39. The summed E-state index contributed by atoms with van der Waals surface area (Å²) in [6.07, 6.45) is 1.25. The minimum absolute atomic E-state index is 0.262. The van der Waals surface area contributed by atoms with Gasteiger partial charge in [-0.25, -0.2) is 0 Å². The lowest BCUT2D eigenvalue weighted by atomic mass is 9.78. The minimum atomic E-state index is -1.22. The molecule has 0 bridgehead atoms. The van der Waals surface area contributed by atoms with Crippen LogP contribution in [0.4, 0.5) is 0 Å². The van der Waals surface area contributed by atoms with Crippen molar-refractivity contribution < 1.29 is 19.4 Å². The van der Waals surface area contributed by atoms with E-state index in [1.165, 1.54) is 0 Å². The summed E-state index contributed by atoms with van der Waals surface area (Å²) in [5.74, 6) is 0.456. The molecule has 5 nitrogen and oxygen atoms in total. The third-order valence-corrected chi connectivity index (χ3v) is 3.52. The fourth-order valence-corrected chi connectivity index (χ4v) is 2.43. The van der Waals surface area contributed by atoms with Crippen molar-refractivity contribution in [2.45, 2.75) is 24.8 Å². The molecule has 0 aromatic heterocycles. The third-order valence-electron chi connectivity index (χ3n) is 3.52. The normalized spacial score (nSPS) is 22.2. The lowest BCUT2D eigenvalue weighted by molar-refractivity contribution is -0.143. The first-order valence-electron chi connectivity index (χ1n) is 5.77. The maximum Gasteiger partial charge on any atom is 0.324 e. The highest BCUT2D eigenvalue weighted by atomic mass is 16.5. The second-order valence-corrected chi connectivity index (χ2v) is 4.57. The Labute approximate surface area is 106 Å². The number of carboxylic acid groups (broad SMARTS) is 1. The van der Waals surface area contributed by atoms with Crippen LogP contribution in [0.25, 0.3) is 0 Å². The molecule has 3 N–H and O–H groups in total. The van der Waals surface area contributed by atoms with Crippen molar-refractivity contribution in [1.82, 2.24) is 0 Å². The molecule has 0 amide bonds. The van der Waals surface area contributed by atoms with Gasteiger partial charge in [0.1, 0.15) is 17.0 Å². The standard InChI is InChI=1S/C13H17NO4/c1-17-10-3-4-11(18-2)9-7-13(14,12(15)16)6-5-8(9)10/h3-4H,5-7,14H2,1-2H3,(H,15,16). The molecule has 98 valence electrons. The summed E-state index contributed by atoms with van der Waals surface area (Å²) in [7, 11) is 3.17. The zero-order valence-corrected chi connectivity index (χ0v) is 10.5. The van der Waals surface area contributed by atoms with Crippen LogP contribution in [0, 0.1) is 0 Å². The van der Waals surface area contributed by atoms with E-state index in [-0.39, 0.29) is 6.42 Å². The Morgan fingerprint density at radius 3 is 2.33 bits per heavy atom. The van der Waals surface area contributed by atoms with Crippen molar-refractivity contribution in [3.8, 4) is 11.5 Å². The number of hydrogen-bond acceptors (Lipinski definition) is 4. The molecule has 0 spiro atoms. The van der Waals surface area contributed by atoms with Gasteiger partial charge in [0.2, 0.25) is 0 Å². The highest BCUT2D eigenvalue weighted by Crippen LogP contribution is 2.38. The lowest BCUT2D eigenvalue weighted by Gasteiger charge is -2.32. The van der Waals surface area contributed by atoms with Crippen LogP contribution in [-0.4, -0.2) is 30.8 Å². The molecule has 5 heteroatoms. The molecule has 1 atom stereocenters. The van der Waals surface area contributed by atoms with Crippen LogP contribution >= 0.6 is 0 Å². The summed E-state index contributed by atoms with van der Waals surface area (Å²) < 4.78 is 10.6. The molecule has 18 heavy (non-hydrogen) atoms. The van der Waals surface area contributed by atoms with Crippen molar-refractivity contribution in [2.24, 2.45) is 5.73 Å². The molecule has 2 rings (SSSR count). The predicted molar refractivity (Wildman–Crippen MR) is 66.1 cm³/mol. The molecular weight excluding hydrogens is 234 g/mol. The Balaban J connectivity index is 2.50. The summed E-state index contributed by atoms with van der Waals surface area (Å²) in [5, 5.41) is 9.22. The van der Waals surface area contributed by atoms with E-state index in [0.717, 1.165) is 16.9 Å². The van der Waals surface area contributed by atoms with Crippen LogP contribution in [-0.2, 0) is 17.6 Å². The monoisotopic (exact) mass is 251 g/mol. The number of fused-ring (bicyclic) bond motifs is 1. The van der Waals surface area contributed by atoms with Gasteiger partial charge in [-0.2, -0.15) is 0 Å². The SMILES string of the molecule is COc1ccc(OC)c2c1CCC(N)(C(=O)O)C2. The van der Waals surface area contributed by atoms with Gasteiger partial charge in [0.05, 0.1) is 14.2 Å². The molecule has 0 saturated carbocycles. The van der Waals surface area contributed by atoms with E-state index >= 15 is 0 Å². The Morgan fingerprint density at radius 2 is 1.83 bits per heavy atom. The average Bonchev–Trinajstić information content (AvgIpc) is 2.37. The number of carbonyl (C=O) groups is 1. The zero-order chi connectivity index (χ0) is 13.3. The first-order valence-corrected chi connectivity index (χ1v) is 5.77. The van der Waals surface area contributed by atoms with Crippen LogP contribution in [0.15, 0.2) is 12.1 Å². The second kappa shape index (κ2) is 4.49. The van der Waals surface area contributed by atoms with Gasteiger partial charge in [-0.15, -0.1) is 0 Å². The highest BCUT2D eigenvalue weighted by molar-refractivity contribution is 5.80. The quantitative estimate of drug-likeness (QED) is 0.836. The van der Waals surface area contributed by atoms with Crippen LogP contribution in [0.1, 0.15) is 17.5 Å². The van der Waals surface area contributed by atoms with E-state index in [4.69, 9.17) is 15.2 Å². The molecule has 0 aliphatic heterocycles. The van der Waals surface area contributed by atoms with Crippen molar-refractivity contribution in [3.05, 3.63) is 23.3 Å². The molecule has 0 fully saturated rings. The van der Waals surface area contributed by atoms with Crippen molar-refractivity contribution in [2.75, 3.05) is 14.2 Å². The van der Waals surface area contributed by atoms with Crippen LogP contribution < -0.4 is 15.2 Å². The molecule has 1 aliphatic carbocycles. The molecule has 0 saturated heterocycles. The van der Waals surface area contributed by atoms with Gasteiger partial charge in [-0.3, -0.25) is 4.79 Å². The van der Waals surface area contributed by atoms with Crippen molar-refractivity contribution in [1.29, 1.82) is 0 Å². The van der Waals surface area contributed by atoms with Crippen LogP contribution in [0.5, 0.6) is 11.5 Å². The van der Waals surface area contributed by atoms with Gasteiger partial charge in [-0.1, -0.05) is 0 Å². The number of hydrogen-bond donors (Lipinski definition) is 2. The summed E-state index contributed by atoms with van der Waals surface area (Å²) in [6.45, 7) is 0. The number of nitrogens with two attached hydrogens (primary N) is 1. The Bertz CT molecular complexity index is 486. The smallest absolute Gasteiger partial charge is 0.324 e. The van der Waals surface area contributed by atoms with Gasteiger partial charge in [0, 0.05) is 17.5 Å². The maximum atomic E-state index is 11.2. The van der Waals surface area contributed by atoms with Gasteiger partial charge < -0.3 is 20.3 Å². The summed E-state index contributed by atoms with van der Waals surface area (Å²) in [4.78, 5) is 11.2. The predicted octanol–water partition coefficient (Wildman–Crippen LogP) is 0.975. The van der Waals surface area contributed by atoms with Crippen LogP contribution in [0.2, 0.25) is 0 Å². The minimum Gasteiger partial charge on any atom is -0.496 e. The first-order chi connectivity index (χ1) is 8.51. The van der Waals surface area contributed by atoms with E-state index in [9.17, 15) is 9.90 Å². The Hall–Kier alpha value is -1.75. The Kier molecular flexibility index (Phi) is 3.17. The number of carboxylic acids is 1. The van der Waals surface area contributed by atoms with E-state index in [1.54, 1.807) is 20.3 Å². The Morgan fingerprint density at radius 1 is 1.28 bits per heavy atom. The van der Waals surface area contributed by atoms with E-state index in [1.807, 2.05) is 6.07 Å². The fraction of sp³-hybridized carbons (Fsp3) is 0.462. The molecule has 1 unspecified atom stereocenters. The molecule has 1 aliphatic rings. The third kappa shape index (κ3) is 1.90. The number of ether oxygens (including phenoxy) is 2. The second-order valence-electron chi connectivity index (χ2n) is 4.57. The molecule has 1 aromatic carbocycles. The molecule has 1 aromatic rings. The summed E-state index contributed by atoms with van der Waals surface area (Å²) in [5.41, 5.74) is 6.56. The molecule has 0 heterocycles. The summed E-state index contributed by atoms with van der Waals surface area (Å²) in [6, 6.07) is 3.62. The average molecular weight is 251 g/mol. The number of rotatable bonds is 3. The van der Waals surface area contributed by atoms with Crippen LogP contribution in [0.3, 0.4) is 0 Å². The van der Waals surface area contributed by atoms with E-state index in [0.29, 0.717) is 18.6 Å². The number of benzene rings is 1. The number of methoxy groups -OCH3 is 2. The maximum absolute atomic E-state index is 11.2. The first kappa shape index (κ1) is 12.7. The lowest BCUT2D eigenvalue weighted by Crippen LogP contribution is -2.52. The van der Waals surface area contributed by atoms with Gasteiger partial charge in [-0.05, 0) is 25.0 Å². The number of aliphatic carboxylic acids is 1. The molecule has 0 radical (unpaired) electrons. The largest absolute Gasteiger partial charge is 0.496 e. The van der Waals surface area contributed by atoms with E-state index in [2.05, 4.69) is 0 Å². The zero-order valence-electron chi connectivity index (χ0n) is 10.5. The topological polar surface area (TPSA) is 81.8 Å². The van der Waals surface area contributed by atoms with E-state index < -0.39 is 11.5 Å². The van der Waals surface area contributed by atoms with Gasteiger partial charge in [0.15, 0.2) is 0 Å².